The van der Waals surface area contributed by atoms with E-state index in [0.29, 0.717) is 61.8 Å². The van der Waals surface area contributed by atoms with Crippen molar-refractivity contribution in [1.29, 1.82) is 5.26 Å². The highest BCUT2D eigenvalue weighted by molar-refractivity contribution is 7.99. The predicted molar refractivity (Wildman–Crippen MR) is 156 cm³/mol. The first kappa shape index (κ1) is 28.3. The molecule has 4 rings (SSSR count). The van der Waals surface area contributed by atoms with E-state index in [-0.39, 0.29) is 12.3 Å². The summed E-state index contributed by atoms with van der Waals surface area (Å²) in [7, 11) is 6.28. The molecule has 0 unspecified atom stereocenters. The molecule has 0 aliphatic carbocycles. The van der Waals surface area contributed by atoms with Crippen LogP contribution in [0.5, 0.6) is 23.0 Å². The first-order valence-corrected chi connectivity index (χ1v) is 13.4. The number of pyridine rings is 1. The van der Waals surface area contributed by atoms with Crippen LogP contribution in [0.1, 0.15) is 12.0 Å². The molecule has 1 heterocycles. The lowest BCUT2D eigenvalue weighted by molar-refractivity contribution is -0.115. The van der Waals surface area contributed by atoms with Crippen molar-refractivity contribution < 1.29 is 23.7 Å². The van der Waals surface area contributed by atoms with Gasteiger partial charge in [0.05, 0.1) is 39.7 Å². The summed E-state index contributed by atoms with van der Waals surface area (Å²) in [5.41, 5.74) is 3.96. The molecule has 0 radical (unpaired) electrons. The summed E-state index contributed by atoms with van der Waals surface area (Å²) in [6, 6.07) is 24.6. The Labute approximate surface area is 237 Å². The van der Waals surface area contributed by atoms with Gasteiger partial charge in [0.25, 0.3) is 0 Å². The summed E-state index contributed by atoms with van der Waals surface area (Å²) in [5, 5.41) is 13.6. The number of aromatic nitrogens is 1. The van der Waals surface area contributed by atoms with Crippen LogP contribution in [0.3, 0.4) is 0 Å². The highest BCUT2D eigenvalue weighted by Crippen LogP contribution is 2.40. The van der Waals surface area contributed by atoms with E-state index in [1.165, 1.54) is 11.8 Å². The van der Waals surface area contributed by atoms with E-state index in [4.69, 9.17) is 23.9 Å². The third kappa shape index (κ3) is 6.65. The van der Waals surface area contributed by atoms with Gasteiger partial charge in [-0.3, -0.25) is 4.79 Å². The van der Waals surface area contributed by atoms with Gasteiger partial charge >= 0.3 is 0 Å². The number of nitrogens with zero attached hydrogens (tertiary/aromatic N) is 2. The number of methoxy groups -OCH3 is 4. The molecule has 0 saturated carbocycles. The van der Waals surface area contributed by atoms with Crippen molar-refractivity contribution in [2.75, 3.05) is 39.5 Å². The number of amides is 1. The highest BCUT2D eigenvalue weighted by Gasteiger charge is 2.19. The second-order valence-corrected chi connectivity index (χ2v) is 9.61. The summed E-state index contributed by atoms with van der Waals surface area (Å²) in [6.07, 6.45) is 0.199. The Balaban J connectivity index is 1.64. The lowest BCUT2D eigenvalue weighted by Gasteiger charge is -2.16. The topological polar surface area (TPSA) is 103 Å². The second kappa shape index (κ2) is 13.4. The average Bonchev–Trinajstić information content (AvgIpc) is 3.00. The molecule has 0 aliphatic heterocycles. The van der Waals surface area contributed by atoms with Crippen molar-refractivity contribution in [2.45, 2.75) is 11.4 Å². The van der Waals surface area contributed by atoms with Crippen LogP contribution in [0.15, 0.2) is 77.8 Å². The average molecular weight is 556 g/mol. The Kier molecular flexibility index (Phi) is 9.49. The number of nitrogens with one attached hydrogen (secondary N) is 1. The zero-order valence-corrected chi connectivity index (χ0v) is 23.5. The molecule has 0 bridgehead atoms. The summed E-state index contributed by atoms with van der Waals surface area (Å²) >= 11 is 1.35. The van der Waals surface area contributed by atoms with Crippen LogP contribution in [-0.4, -0.2) is 45.1 Å². The Hall–Kier alpha value is -4.68. The smallest absolute Gasteiger partial charge is 0.225 e. The van der Waals surface area contributed by atoms with Gasteiger partial charge in [-0.25, -0.2) is 4.98 Å². The molecule has 4 aromatic rings. The first-order valence-electron chi connectivity index (χ1n) is 12.4. The minimum absolute atomic E-state index is 0.185. The molecule has 1 amide bonds. The fourth-order valence-electron chi connectivity index (χ4n) is 4.07. The molecule has 0 aliphatic rings. The third-order valence-electron chi connectivity index (χ3n) is 6.07. The van der Waals surface area contributed by atoms with Crippen LogP contribution in [0, 0.1) is 11.3 Å². The van der Waals surface area contributed by atoms with Crippen molar-refractivity contribution in [3.63, 3.8) is 0 Å². The number of nitriles is 1. The van der Waals surface area contributed by atoms with E-state index < -0.39 is 0 Å². The molecule has 204 valence electrons. The number of hydrogen-bond donors (Lipinski definition) is 1. The standard InChI is InChI=1S/C31H29N3O5S/c1-36-22-10-11-29(39-4)26(17-22)25-18-28(20-8-6-5-7-9-20)34-31(27(25)19-32)40-13-12-30(35)33-21-14-23(37-2)16-24(15-21)38-3/h5-11,14-18H,12-13H2,1-4H3,(H,33,35). The van der Waals surface area contributed by atoms with Gasteiger partial charge in [0, 0.05) is 52.8 Å². The summed E-state index contributed by atoms with van der Waals surface area (Å²) in [5.74, 6) is 2.61. The lowest BCUT2D eigenvalue weighted by atomic mass is 9.98. The van der Waals surface area contributed by atoms with Crippen LogP contribution in [0.4, 0.5) is 5.69 Å². The van der Waals surface area contributed by atoms with Crippen LogP contribution in [0.25, 0.3) is 22.4 Å². The Morgan fingerprint density at radius 2 is 1.55 bits per heavy atom. The molecular weight excluding hydrogens is 526 g/mol. The quantitative estimate of drug-likeness (QED) is 0.211. The maximum Gasteiger partial charge on any atom is 0.225 e. The molecule has 0 saturated heterocycles. The van der Waals surface area contributed by atoms with Crippen LogP contribution in [-0.2, 0) is 4.79 Å². The predicted octanol–water partition coefficient (Wildman–Crippen LogP) is 6.44. The molecule has 0 spiro atoms. The number of carbonyl (C=O) groups is 1. The molecular formula is C31H29N3O5S. The van der Waals surface area contributed by atoms with Gasteiger partial charge in [-0.15, -0.1) is 11.8 Å². The highest BCUT2D eigenvalue weighted by atomic mass is 32.2. The molecule has 1 N–H and O–H groups in total. The molecule has 3 aromatic carbocycles. The number of carbonyl (C=O) groups excluding carboxylic acids is 1. The van der Waals surface area contributed by atoms with Gasteiger partial charge in [-0.1, -0.05) is 30.3 Å². The fourth-order valence-corrected chi connectivity index (χ4v) is 5.02. The zero-order valence-electron chi connectivity index (χ0n) is 22.7. The zero-order chi connectivity index (χ0) is 28.5. The minimum Gasteiger partial charge on any atom is -0.497 e. The number of ether oxygens (including phenoxy) is 4. The molecule has 1 aromatic heterocycles. The van der Waals surface area contributed by atoms with Gasteiger partial charge in [0.15, 0.2) is 0 Å². The minimum atomic E-state index is -0.185. The Morgan fingerprint density at radius 1 is 0.850 bits per heavy atom. The summed E-state index contributed by atoms with van der Waals surface area (Å²) in [4.78, 5) is 17.6. The summed E-state index contributed by atoms with van der Waals surface area (Å²) in [6.45, 7) is 0. The third-order valence-corrected chi connectivity index (χ3v) is 7.04. The second-order valence-electron chi connectivity index (χ2n) is 8.53. The molecule has 40 heavy (non-hydrogen) atoms. The van der Waals surface area contributed by atoms with Gasteiger partial charge in [-0.2, -0.15) is 5.26 Å². The van der Waals surface area contributed by atoms with Gasteiger partial charge in [-0.05, 0) is 24.3 Å². The lowest BCUT2D eigenvalue weighted by Crippen LogP contribution is -2.12. The van der Waals surface area contributed by atoms with Crippen molar-refractivity contribution in [2.24, 2.45) is 0 Å². The van der Waals surface area contributed by atoms with E-state index in [9.17, 15) is 10.1 Å². The van der Waals surface area contributed by atoms with E-state index in [1.807, 2.05) is 48.5 Å². The fraction of sp³-hybridized carbons (Fsp3) is 0.194. The normalized spacial score (nSPS) is 10.4. The maximum absolute atomic E-state index is 12.8. The number of rotatable bonds is 11. The van der Waals surface area contributed by atoms with E-state index in [0.717, 1.165) is 5.56 Å². The van der Waals surface area contributed by atoms with Crippen LogP contribution < -0.4 is 24.3 Å². The maximum atomic E-state index is 12.8. The number of benzene rings is 3. The summed E-state index contributed by atoms with van der Waals surface area (Å²) < 4.78 is 21.6. The Bertz CT molecular complexity index is 1510. The van der Waals surface area contributed by atoms with E-state index >= 15 is 0 Å². The van der Waals surface area contributed by atoms with Gasteiger partial charge < -0.3 is 24.3 Å². The number of hydrogen-bond acceptors (Lipinski definition) is 8. The first-order chi connectivity index (χ1) is 19.5. The van der Waals surface area contributed by atoms with Crippen LogP contribution in [0.2, 0.25) is 0 Å². The van der Waals surface area contributed by atoms with Gasteiger partial charge in [0.1, 0.15) is 34.1 Å². The van der Waals surface area contributed by atoms with Crippen molar-refractivity contribution in [3.05, 3.63) is 78.4 Å². The SMILES string of the molecule is COc1cc(NC(=O)CCSc2nc(-c3ccccc3)cc(-c3cc(OC)ccc3OC)c2C#N)cc(OC)c1. The van der Waals surface area contributed by atoms with Crippen molar-refractivity contribution >= 4 is 23.4 Å². The number of anilines is 1. The molecule has 0 fully saturated rings. The Morgan fingerprint density at radius 3 is 2.17 bits per heavy atom. The van der Waals surface area contributed by atoms with Crippen molar-refractivity contribution in [3.8, 4) is 51.5 Å². The number of thioether (sulfide) groups is 1. The van der Waals surface area contributed by atoms with E-state index in [1.54, 1.807) is 52.7 Å². The monoisotopic (exact) mass is 555 g/mol. The molecule has 0 atom stereocenters. The van der Waals surface area contributed by atoms with E-state index in [2.05, 4.69) is 11.4 Å². The van der Waals surface area contributed by atoms with Crippen LogP contribution >= 0.6 is 11.8 Å². The van der Waals surface area contributed by atoms with Gasteiger partial charge in [0.2, 0.25) is 5.91 Å². The molecule has 9 heteroatoms. The largest absolute Gasteiger partial charge is 0.497 e. The van der Waals surface area contributed by atoms with Crippen molar-refractivity contribution in [1.82, 2.24) is 4.98 Å². The molecule has 8 nitrogen and oxygen atoms in total.